The molecule has 2 heterocycles. The number of likely N-dealkylation sites (tertiary alicyclic amines) is 1. The van der Waals surface area contributed by atoms with Gasteiger partial charge in [-0.1, -0.05) is 45.0 Å². The van der Waals surface area contributed by atoms with E-state index in [9.17, 15) is 14.4 Å². The Labute approximate surface area is 216 Å². The predicted octanol–water partition coefficient (Wildman–Crippen LogP) is 2.23. The monoisotopic (exact) mass is 515 g/mol. The molecule has 0 saturated carbocycles. The number of amides is 3. The van der Waals surface area contributed by atoms with Crippen LogP contribution in [0.2, 0.25) is 0 Å². The third kappa shape index (κ3) is 7.11. The lowest BCUT2D eigenvalue weighted by Crippen LogP contribution is -2.58. The fourth-order valence-corrected chi connectivity index (χ4v) is 5.04. The molecular formula is C26H37N5O4S. The van der Waals surface area contributed by atoms with Crippen molar-refractivity contribution < 1.29 is 19.1 Å². The molecule has 0 unspecified atom stereocenters. The molecule has 10 heteroatoms. The minimum Gasteiger partial charge on any atom is -0.370 e. The minimum absolute atomic E-state index is 0.164. The number of thiazole rings is 1. The average Bonchev–Trinajstić information content (AvgIpc) is 3.50. The number of nitrogens with zero attached hydrogens (tertiary/aromatic N) is 2. The van der Waals surface area contributed by atoms with E-state index >= 15 is 0 Å². The molecule has 196 valence electrons. The lowest BCUT2D eigenvalue weighted by Gasteiger charge is -2.35. The first kappa shape index (κ1) is 27.8. The van der Waals surface area contributed by atoms with Crippen LogP contribution in [0.1, 0.15) is 44.9 Å². The van der Waals surface area contributed by atoms with Gasteiger partial charge < -0.3 is 26.0 Å². The first-order chi connectivity index (χ1) is 17.1. The Balaban J connectivity index is 1.61. The van der Waals surface area contributed by atoms with Gasteiger partial charge in [0.05, 0.1) is 22.7 Å². The lowest BCUT2D eigenvalue weighted by atomic mass is 9.85. The molecule has 9 nitrogen and oxygen atoms in total. The van der Waals surface area contributed by atoms with Crippen LogP contribution in [0.25, 0.3) is 10.4 Å². The second kappa shape index (κ2) is 12.4. The van der Waals surface area contributed by atoms with Crippen LogP contribution in [0.3, 0.4) is 0 Å². The third-order valence-electron chi connectivity index (χ3n) is 6.18. The Bertz CT molecular complexity index is 1050. The third-order valence-corrected chi connectivity index (χ3v) is 7.16. The van der Waals surface area contributed by atoms with E-state index in [0.29, 0.717) is 26.1 Å². The van der Waals surface area contributed by atoms with Crippen LogP contribution in [-0.2, 0) is 25.7 Å². The van der Waals surface area contributed by atoms with Crippen LogP contribution in [-0.4, -0.2) is 66.0 Å². The highest BCUT2D eigenvalue weighted by Crippen LogP contribution is 2.28. The Morgan fingerprint density at radius 2 is 1.97 bits per heavy atom. The maximum Gasteiger partial charge on any atom is 0.246 e. The number of nitrogens with two attached hydrogens (primary N) is 1. The number of hydrogen-bond acceptors (Lipinski definition) is 7. The highest BCUT2D eigenvalue weighted by Gasteiger charge is 2.41. The van der Waals surface area contributed by atoms with Crippen molar-refractivity contribution >= 4 is 29.1 Å². The maximum absolute atomic E-state index is 13.5. The van der Waals surface area contributed by atoms with Gasteiger partial charge in [-0.05, 0) is 36.3 Å². The molecule has 3 amide bonds. The van der Waals surface area contributed by atoms with Gasteiger partial charge in [-0.3, -0.25) is 14.4 Å². The lowest BCUT2D eigenvalue weighted by molar-refractivity contribution is -0.144. The van der Waals surface area contributed by atoms with E-state index in [2.05, 4.69) is 15.6 Å². The summed E-state index contributed by atoms with van der Waals surface area (Å²) in [6.45, 7) is 8.92. The largest absolute Gasteiger partial charge is 0.370 e. The van der Waals surface area contributed by atoms with Crippen molar-refractivity contribution in [2.24, 2.45) is 11.1 Å². The number of aryl methyl sites for hydroxylation is 1. The highest BCUT2D eigenvalue weighted by atomic mass is 32.1. The molecule has 1 aromatic heterocycles. The summed E-state index contributed by atoms with van der Waals surface area (Å²) in [7, 11) is 0. The van der Waals surface area contributed by atoms with Crippen LogP contribution in [0.15, 0.2) is 29.8 Å². The highest BCUT2D eigenvalue weighted by molar-refractivity contribution is 7.13. The SMILES string of the molecule is Cc1ncsc1-c1ccc(CNC(=O)[C@@H]2CCCN2C(=O)[C@@H](NC(=O)COCCN)C(C)(C)C)cc1. The van der Waals surface area contributed by atoms with Gasteiger partial charge in [0.25, 0.3) is 0 Å². The summed E-state index contributed by atoms with van der Waals surface area (Å²) in [5.41, 5.74) is 9.76. The molecule has 0 aliphatic carbocycles. The van der Waals surface area contributed by atoms with Crippen molar-refractivity contribution in [3.05, 3.63) is 41.0 Å². The molecule has 2 aromatic rings. The van der Waals surface area contributed by atoms with Crippen LogP contribution >= 0.6 is 11.3 Å². The zero-order valence-electron chi connectivity index (χ0n) is 21.5. The molecular weight excluding hydrogens is 478 g/mol. The molecule has 1 aliphatic rings. The van der Waals surface area contributed by atoms with Crippen LogP contribution < -0.4 is 16.4 Å². The molecule has 2 atom stereocenters. The van der Waals surface area contributed by atoms with Crippen molar-refractivity contribution in [1.29, 1.82) is 0 Å². The fraction of sp³-hybridized carbons (Fsp3) is 0.538. The van der Waals surface area contributed by atoms with E-state index in [1.54, 1.807) is 16.2 Å². The zero-order valence-corrected chi connectivity index (χ0v) is 22.3. The summed E-state index contributed by atoms with van der Waals surface area (Å²) in [6, 6.07) is 6.70. The smallest absolute Gasteiger partial charge is 0.246 e. The molecule has 36 heavy (non-hydrogen) atoms. The Morgan fingerprint density at radius 1 is 1.25 bits per heavy atom. The molecule has 1 fully saturated rings. The normalized spacial score (nSPS) is 16.6. The number of hydrogen-bond donors (Lipinski definition) is 3. The quantitative estimate of drug-likeness (QED) is 0.417. The Hall–Kier alpha value is -2.82. The number of nitrogens with one attached hydrogen (secondary N) is 2. The number of ether oxygens (including phenoxy) is 1. The van der Waals surface area contributed by atoms with E-state index < -0.39 is 17.5 Å². The van der Waals surface area contributed by atoms with E-state index in [-0.39, 0.29) is 30.9 Å². The van der Waals surface area contributed by atoms with Crippen molar-refractivity contribution in [1.82, 2.24) is 20.5 Å². The van der Waals surface area contributed by atoms with Gasteiger partial charge in [0.15, 0.2) is 0 Å². The number of carbonyl (C=O) groups excluding carboxylic acids is 3. The van der Waals surface area contributed by atoms with Crippen molar-refractivity contribution in [2.75, 3.05) is 26.3 Å². The number of carbonyl (C=O) groups is 3. The summed E-state index contributed by atoms with van der Waals surface area (Å²) < 4.78 is 5.20. The molecule has 3 rings (SSSR count). The van der Waals surface area contributed by atoms with Crippen molar-refractivity contribution in [3.63, 3.8) is 0 Å². The second-order valence-electron chi connectivity index (χ2n) is 10.1. The minimum atomic E-state index is -0.775. The number of rotatable bonds is 10. The Morgan fingerprint density at radius 3 is 2.58 bits per heavy atom. The van der Waals surface area contributed by atoms with Crippen LogP contribution in [0.5, 0.6) is 0 Å². The first-order valence-electron chi connectivity index (χ1n) is 12.3. The second-order valence-corrected chi connectivity index (χ2v) is 10.9. The molecule has 4 N–H and O–H groups in total. The van der Waals surface area contributed by atoms with Gasteiger partial charge in [-0.15, -0.1) is 11.3 Å². The standard InChI is InChI=1S/C26H37N5O4S/c1-17-22(36-16-29-17)19-9-7-18(8-10-19)14-28-24(33)20-6-5-12-31(20)25(34)23(26(2,3)4)30-21(32)15-35-13-11-27/h7-10,16,20,23H,5-6,11-15,27H2,1-4H3,(H,28,33)(H,30,32)/t20-,23+/m0/s1. The molecule has 1 saturated heterocycles. The van der Waals surface area contributed by atoms with Gasteiger partial charge in [0.1, 0.15) is 18.7 Å². The van der Waals surface area contributed by atoms with Crippen LogP contribution in [0.4, 0.5) is 0 Å². The first-order valence-corrected chi connectivity index (χ1v) is 13.1. The summed E-state index contributed by atoms with van der Waals surface area (Å²) >= 11 is 1.60. The summed E-state index contributed by atoms with van der Waals surface area (Å²) in [5, 5.41) is 5.78. The predicted molar refractivity (Wildman–Crippen MR) is 140 cm³/mol. The van der Waals surface area contributed by atoms with E-state index in [1.807, 2.05) is 57.5 Å². The molecule has 1 aliphatic heterocycles. The van der Waals surface area contributed by atoms with Gasteiger partial charge in [0, 0.05) is 19.6 Å². The zero-order chi connectivity index (χ0) is 26.3. The molecule has 0 radical (unpaired) electrons. The van der Waals surface area contributed by atoms with Gasteiger partial charge in [0.2, 0.25) is 17.7 Å². The topological polar surface area (TPSA) is 127 Å². The van der Waals surface area contributed by atoms with E-state index in [4.69, 9.17) is 10.5 Å². The summed E-state index contributed by atoms with van der Waals surface area (Å²) in [6.07, 6.45) is 1.32. The van der Waals surface area contributed by atoms with E-state index in [1.165, 1.54) is 0 Å². The van der Waals surface area contributed by atoms with Crippen molar-refractivity contribution in [3.8, 4) is 10.4 Å². The van der Waals surface area contributed by atoms with Crippen molar-refractivity contribution in [2.45, 2.75) is 59.2 Å². The summed E-state index contributed by atoms with van der Waals surface area (Å²) in [5.74, 6) is -0.820. The molecule has 1 aromatic carbocycles. The molecule has 0 bridgehead atoms. The van der Waals surface area contributed by atoms with Gasteiger partial charge in [-0.2, -0.15) is 0 Å². The molecule has 0 spiro atoms. The Kier molecular flexibility index (Phi) is 9.58. The number of aromatic nitrogens is 1. The van der Waals surface area contributed by atoms with Crippen LogP contribution in [0, 0.1) is 12.3 Å². The van der Waals surface area contributed by atoms with Gasteiger partial charge >= 0.3 is 0 Å². The van der Waals surface area contributed by atoms with Gasteiger partial charge in [-0.25, -0.2) is 4.98 Å². The van der Waals surface area contributed by atoms with E-state index in [0.717, 1.165) is 28.1 Å². The summed E-state index contributed by atoms with van der Waals surface area (Å²) in [4.78, 5) is 45.9. The average molecular weight is 516 g/mol. The fourth-order valence-electron chi connectivity index (χ4n) is 4.23. The number of benzene rings is 1. The maximum atomic E-state index is 13.5.